The van der Waals surface area contributed by atoms with Crippen LogP contribution < -0.4 is 9.47 Å². The van der Waals surface area contributed by atoms with Gasteiger partial charge in [0.2, 0.25) is 0 Å². The Labute approximate surface area is 127 Å². The molecule has 1 fully saturated rings. The van der Waals surface area contributed by atoms with Crippen molar-refractivity contribution < 1.29 is 14.6 Å². The number of methoxy groups -OCH3 is 1. The first-order chi connectivity index (χ1) is 9.93. The van der Waals surface area contributed by atoms with Gasteiger partial charge in [-0.25, -0.2) is 0 Å². The minimum atomic E-state index is -0.430. The summed E-state index contributed by atoms with van der Waals surface area (Å²) in [5, 5.41) is 10.5. The van der Waals surface area contributed by atoms with Crippen molar-refractivity contribution in [3.05, 3.63) is 23.8 Å². The molecule has 1 unspecified atom stereocenters. The van der Waals surface area contributed by atoms with Gasteiger partial charge >= 0.3 is 0 Å². The molecule has 0 saturated heterocycles. The van der Waals surface area contributed by atoms with Gasteiger partial charge in [0.05, 0.1) is 13.2 Å². The summed E-state index contributed by atoms with van der Waals surface area (Å²) in [6.07, 6.45) is 5.89. The van der Waals surface area contributed by atoms with Crippen LogP contribution in [-0.2, 0) is 0 Å². The highest BCUT2D eigenvalue weighted by atomic mass is 16.5. The lowest BCUT2D eigenvalue weighted by atomic mass is 9.81. The third kappa shape index (κ3) is 2.89. The summed E-state index contributed by atoms with van der Waals surface area (Å²) in [6.45, 7) is 4.67. The maximum absolute atomic E-state index is 10.5. The van der Waals surface area contributed by atoms with Crippen LogP contribution in [0.3, 0.4) is 0 Å². The second-order valence-electron chi connectivity index (χ2n) is 7.43. The minimum Gasteiger partial charge on any atom is -0.497 e. The molecular formula is C18H26O3. The second-order valence-corrected chi connectivity index (χ2v) is 7.43. The van der Waals surface area contributed by atoms with Crippen LogP contribution in [0.5, 0.6) is 11.5 Å². The molecule has 1 aromatic rings. The van der Waals surface area contributed by atoms with Crippen LogP contribution in [0, 0.1) is 5.41 Å². The van der Waals surface area contributed by atoms with Crippen LogP contribution in [0.1, 0.15) is 64.0 Å². The fourth-order valence-corrected chi connectivity index (χ4v) is 3.75. The Kier molecular flexibility index (Phi) is 3.64. The first-order valence-electron chi connectivity index (χ1n) is 7.98. The van der Waals surface area contributed by atoms with Gasteiger partial charge in [0, 0.05) is 18.1 Å². The summed E-state index contributed by atoms with van der Waals surface area (Å²) < 4.78 is 11.7. The molecule has 1 aliphatic carbocycles. The summed E-state index contributed by atoms with van der Waals surface area (Å²) in [5.41, 5.74) is 1.07. The Bertz CT molecular complexity index is 523. The summed E-state index contributed by atoms with van der Waals surface area (Å²) >= 11 is 0. The van der Waals surface area contributed by atoms with Crippen molar-refractivity contribution in [1.29, 1.82) is 0 Å². The van der Waals surface area contributed by atoms with E-state index in [0.29, 0.717) is 11.8 Å². The van der Waals surface area contributed by atoms with E-state index < -0.39 is 6.10 Å². The predicted octanol–water partition coefficient (Wildman–Crippen LogP) is 4.24. The summed E-state index contributed by atoms with van der Waals surface area (Å²) in [6, 6.07) is 5.72. The van der Waals surface area contributed by atoms with E-state index in [9.17, 15) is 5.11 Å². The molecule has 116 valence electrons. The van der Waals surface area contributed by atoms with Crippen molar-refractivity contribution in [2.45, 2.75) is 64.1 Å². The average molecular weight is 290 g/mol. The average Bonchev–Trinajstić information content (AvgIpc) is 2.58. The molecule has 1 N–H and O–H groups in total. The first kappa shape index (κ1) is 14.7. The van der Waals surface area contributed by atoms with Crippen LogP contribution in [0.15, 0.2) is 18.2 Å². The van der Waals surface area contributed by atoms with Crippen LogP contribution in [0.25, 0.3) is 0 Å². The highest BCUT2D eigenvalue weighted by molar-refractivity contribution is 5.44. The zero-order valence-electron chi connectivity index (χ0n) is 13.3. The summed E-state index contributed by atoms with van der Waals surface area (Å²) in [7, 11) is 1.66. The van der Waals surface area contributed by atoms with Crippen molar-refractivity contribution in [2.75, 3.05) is 7.11 Å². The Morgan fingerprint density at radius 2 is 2.00 bits per heavy atom. The van der Waals surface area contributed by atoms with E-state index in [4.69, 9.17) is 9.47 Å². The van der Waals surface area contributed by atoms with Crippen molar-refractivity contribution in [2.24, 2.45) is 5.41 Å². The Morgan fingerprint density at radius 3 is 2.76 bits per heavy atom. The fraction of sp³-hybridized carbons (Fsp3) is 0.667. The van der Waals surface area contributed by atoms with E-state index in [1.807, 2.05) is 18.2 Å². The molecule has 1 aromatic carbocycles. The third-order valence-electron chi connectivity index (χ3n) is 5.21. The van der Waals surface area contributed by atoms with Gasteiger partial charge in [0.25, 0.3) is 0 Å². The van der Waals surface area contributed by atoms with Gasteiger partial charge in [0.15, 0.2) is 0 Å². The standard InChI is InChI=1S/C18H26O3/c1-17(2)7-4-8-18(10-9-17)12-15(19)14-6-5-13(20-3)11-16(14)21-18/h5-6,11,15,19H,4,7-10,12H2,1-3H3/t15-,18?/m0/s1. The molecule has 3 rings (SSSR count). The number of aliphatic hydroxyl groups excluding tert-OH is 1. The quantitative estimate of drug-likeness (QED) is 0.840. The molecule has 2 atom stereocenters. The van der Waals surface area contributed by atoms with Crippen molar-refractivity contribution in [3.8, 4) is 11.5 Å². The molecular weight excluding hydrogens is 264 g/mol. The van der Waals surface area contributed by atoms with E-state index >= 15 is 0 Å². The molecule has 0 radical (unpaired) electrons. The molecule has 0 amide bonds. The topological polar surface area (TPSA) is 38.7 Å². The van der Waals surface area contributed by atoms with Crippen LogP contribution >= 0.6 is 0 Å². The van der Waals surface area contributed by atoms with Gasteiger partial charge in [-0.1, -0.05) is 13.8 Å². The number of benzene rings is 1. The highest BCUT2D eigenvalue weighted by Crippen LogP contribution is 2.48. The number of ether oxygens (including phenoxy) is 2. The molecule has 0 aromatic heterocycles. The van der Waals surface area contributed by atoms with Crippen LogP contribution in [0.2, 0.25) is 0 Å². The van der Waals surface area contributed by atoms with Gasteiger partial charge in [-0.15, -0.1) is 0 Å². The molecule has 3 nitrogen and oxygen atoms in total. The molecule has 1 spiro atoms. The number of fused-ring (bicyclic) bond motifs is 1. The van der Waals surface area contributed by atoms with E-state index in [-0.39, 0.29) is 5.60 Å². The smallest absolute Gasteiger partial charge is 0.129 e. The minimum absolute atomic E-state index is 0.202. The summed E-state index contributed by atoms with van der Waals surface area (Å²) in [4.78, 5) is 0. The maximum Gasteiger partial charge on any atom is 0.129 e. The highest BCUT2D eigenvalue weighted by Gasteiger charge is 2.43. The zero-order chi connectivity index (χ0) is 15.1. The van der Waals surface area contributed by atoms with Gasteiger partial charge in [-0.3, -0.25) is 0 Å². The molecule has 0 bridgehead atoms. The SMILES string of the molecule is COc1ccc2c(c1)OC1(CCCC(C)(C)CC1)C[C@@H]2O. The van der Waals surface area contributed by atoms with Gasteiger partial charge in [0.1, 0.15) is 17.1 Å². The van der Waals surface area contributed by atoms with Gasteiger partial charge in [-0.2, -0.15) is 0 Å². The van der Waals surface area contributed by atoms with Gasteiger partial charge in [-0.05, 0) is 49.7 Å². The monoisotopic (exact) mass is 290 g/mol. The number of hydrogen-bond acceptors (Lipinski definition) is 3. The lowest BCUT2D eigenvalue weighted by Crippen LogP contribution is -2.40. The molecule has 1 heterocycles. The van der Waals surface area contributed by atoms with Gasteiger partial charge < -0.3 is 14.6 Å². The van der Waals surface area contributed by atoms with E-state index in [1.54, 1.807) is 7.11 Å². The predicted molar refractivity (Wildman–Crippen MR) is 82.8 cm³/mol. The molecule has 1 aliphatic heterocycles. The molecule has 21 heavy (non-hydrogen) atoms. The molecule has 1 saturated carbocycles. The van der Waals surface area contributed by atoms with Crippen LogP contribution in [-0.4, -0.2) is 17.8 Å². The number of hydrogen-bond donors (Lipinski definition) is 1. The zero-order valence-corrected chi connectivity index (χ0v) is 13.3. The lowest BCUT2D eigenvalue weighted by Gasteiger charge is -2.41. The fourth-order valence-electron chi connectivity index (χ4n) is 3.75. The third-order valence-corrected chi connectivity index (χ3v) is 5.21. The second kappa shape index (κ2) is 5.20. The van der Waals surface area contributed by atoms with Crippen LogP contribution in [0.4, 0.5) is 0 Å². The van der Waals surface area contributed by atoms with E-state index in [2.05, 4.69) is 13.8 Å². The molecule has 2 aliphatic rings. The van der Waals surface area contributed by atoms with E-state index in [0.717, 1.165) is 36.3 Å². The largest absolute Gasteiger partial charge is 0.497 e. The number of rotatable bonds is 1. The maximum atomic E-state index is 10.5. The normalized spacial score (nSPS) is 31.1. The number of aliphatic hydroxyl groups is 1. The van der Waals surface area contributed by atoms with Crippen molar-refractivity contribution >= 4 is 0 Å². The van der Waals surface area contributed by atoms with Crippen molar-refractivity contribution in [1.82, 2.24) is 0 Å². The van der Waals surface area contributed by atoms with Crippen molar-refractivity contribution in [3.63, 3.8) is 0 Å². The lowest BCUT2D eigenvalue weighted by molar-refractivity contribution is -0.0261. The first-order valence-corrected chi connectivity index (χ1v) is 7.98. The summed E-state index contributed by atoms with van der Waals surface area (Å²) in [5.74, 6) is 1.58. The van der Waals surface area contributed by atoms with E-state index in [1.165, 1.54) is 12.8 Å². The Morgan fingerprint density at radius 1 is 1.19 bits per heavy atom. The molecule has 3 heteroatoms. The Hall–Kier alpha value is -1.22. The Balaban J connectivity index is 1.89.